The molecule has 0 radical (unpaired) electrons. The second kappa shape index (κ2) is 11.4. The number of aliphatic hydroxyl groups is 6. The van der Waals surface area contributed by atoms with Crippen LogP contribution in [0.5, 0.6) is 11.5 Å². The minimum Gasteiger partial charge on any atom is -0.497 e. The molecule has 0 bridgehead atoms. The van der Waals surface area contributed by atoms with Gasteiger partial charge in [0, 0.05) is 12.5 Å². The minimum atomic E-state index is -1.97. The van der Waals surface area contributed by atoms with Gasteiger partial charge in [-0.3, -0.25) is 4.79 Å². The van der Waals surface area contributed by atoms with E-state index >= 15 is 0 Å². The smallest absolute Gasteiger partial charge is 0.229 e. The van der Waals surface area contributed by atoms with E-state index in [-0.39, 0.29) is 28.6 Å². The minimum absolute atomic E-state index is 0.141. The van der Waals surface area contributed by atoms with Crippen LogP contribution in [0.3, 0.4) is 0 Å². The molecule has 0 amide bonds. The summed E-state index contributed by atoms with van der Waals surface area (Å²) in [7, 11) is 1.55. The molecule has 2 saturated heterocycles. The summed E-state index contributed by atoms with van der Waals surface area (Å²) in [4.78, 5) is 13.1. The van der Waals surface area contributed by atoms with Gasteiger partial charge in [-0.05, 0) is 29.8 Å². The summed E-state index contributed by atoms with van der Waals surface area (Å²) >= 11 is 0. The van der Waals surface area contributed by atoms with Gasteiger partial charge in [0.15, 0.2) is 17.5 Å². The largest absolute Gasteiger partial charge is 0.497 e. The zero-order valence-electron chi connectivity index (χ0n) is 21.3. The van der Waals surface area contributed by atoms with Gasteiger partial charge < -0.3 is 58.7 Å². The molecule has 40 heavy (non-hydrogen) atoms. The normalized spacial score (nSPS) is 32.3. The third-order valence-electron chi connectivity index (χ3n) is 6.92. The third-order valence-corrected chi connectivity index (χ3v) is 6.92. The Balaban J connectivity index is 1.29. The Morgan fingerprint density at radius 1 is 0.975 bits per heavy atom. The molecule has 0 aliphatic carbocycles. The number of rotatable bonds is 8. The van der Waals surface area contributed by atoms with Crippen LogP contribution in [-0.2, 0) is 14.2 Å². The Labute approximate surface area is 227 Å². The number of fused-ring (bicyclic) bond motifs is 1. The van der Waals surface area contributed by atoms with Gasteiger partial charge >= 0.3 is 0 Å². The van der Waals surface area contributed by atoms with Gasteiger partial charge in [0.05, 0.1) is 31.3 Å². The van der Waals surface area contributed by atoms with Crippen molar-refractivity contribution in [2.45, 2.75) is 55.3 Å². The molecule has 3 aromatic rings. The lowest BCUT2D eigenvalue weighted by atomic mass is 9.99. The van der Waals surface area contributed by atoms with Gasteiger partial charge in [-0.15, -0.1) is 0 Å². The highest BCUT2D eigenvalue weighted by Crippen LogP contribution is 2.31. The van der Waals surface area contributed by atoms with E-state index in [4.69, 9.17) is 28.1 Å². The lowest BCUT2D eigenvalue weighted by Gasteiger charge is -2.40. The summed E-state index contributed by atoms with van der Waals surface area (Å²) in [6.07, 6.45) is -9.18. The Morgan fingerprint density at radius 3 is 2.38 bits per heavy atom. The van der Waals surface area contributed by atoms with Crippen LogP contribution in [0.25, 0.3) is 22.1 Å². The van der Waals surface area contributed by atoms with Crippen molar-refractivity contribution in [1.29, 1.82) is 0 Å². The van der Waals surface area contributed by atoms with E-state index in [1.807, 2.05) is 0 Å². The molecule has 0 spiro atoms. The molecule has 13 heteroatoms. The molecule has 1 aromatic heterocycles. The predicted molar refractivity (Wildman–Crippen MR) is 135 cm³/mol. The predicted octanol–water partition coefficient (Wildman–Crippen LogP) is -0.540. The van der Waals surface area contributed by atoms with Crippen LogP contribution in [0.1, 0.15) is 6.42 Å². The van der Waals surface area contributed by atoms with Gasteiger partial charge in [-0.2, -0.15) is 0 Å². The van der Waals surface area contributed by atoms with Crippen LogP contribution in [0, 0.1) is 0 Å². The molecule has 5 rings (SSSR count). The Morgan fingerprint density at radius 2 is 1.70 bits per heavy atom. The fourth-order valence-corrected chi connectivity index (χ4v) is 4.64. The highest BCUT2D eigenvalue weighted by atomic mass is 16.8. The summed E-state index contributed by atoms with van der Waals surface area (Å²) in [5, 5.41) is 60.7. The molecule has 13 nitrogen and oxygen atoms in total. The van der Waals surface area contributed by atoms with E-state index in [9.17, 15) is 35.4 Å². The van der Waals surface area contributed by atoms with Crippen molar-refractivity contribution < 1.29 is 58.7 Å². The number of ether oxygens (including phenoxy) is 5. The van der Waals surface area contributed by atoms with Crippen molar-refractivity contribution in [2.24, 2.45) is 0 Å². The summed E-state index contributed by atoms with van der Waals surface area (Å²) in [6.45, 7) is -1.18. The summed E-state index contributed by atoms with van der Waals surface area (Å²) in [6, 6.07) is 11.3. The maximum absolute atomic E-state index is 13.1. The standard InChI is InChI=1S/C27H30O13/c1-35-14-4-2-13(3-5-14)17-10-36-19-8-15(6-7-16(19)21(17)30)38-26-24(33)23(32)22(31)20(39-26)11-37-25-18(29)9-27(34,12-28)40-25/h2-8,10,18,20,22-26,28-29,31-34H,9,11-12H2,1H3/t18-,20-,22-,23+,24-,25-,26-,27+/m1/s1. The zero-order valence-corrected chi connectivity index (χ0v) is 21.3. The fourth-order valence-electron chi connectivity index (χ4n) is 4.64. The molecular formula is C27H30O13. The Bertz CT molecular complexity index is 1380. The molecular weight excluding hydrogens is 532 g/mol. The van der Waals surface area contributed by atoms with Gasteiger partial charge in [-0.25, -0.2) is 0 Å². The van der Waals surface area contributed by atoms with Crippen LogP contribution in [-0.4, -0.2) is 99.8 Å². The van der Waals surface area contributed by atoms with E-state index in [2.05, 4.69) is 0 Å². The maximum atomic E-state index is 13.1. The Hall–Kier alpha value is -3.11. The van der Waals surface area contributed by atoms with Crippen LogP contribution < -0.4 is 14.9 Å². The molecule has 6 N–H and O–H groups in total. The van der Waals surface area contributed by atoms with Gasteiger partial charge in [0.2, 0.25) is 6.29 Å². The van der Waals surface area contributed by atoms with Crippen molar-refractivity contribution >= 4 is 11.0 Å². The van der Waals surface area contributed by atoms with Crippen molar-refractivity contribution in [2.75, 3.05) is 20.3 Å². The highest BCUT2D eigenvalue weighted by molar-refractivity contribution is 5.82. The first kappa shape index (κ1) is 28.4. The summed E-state index contributed by atoms with van der Waals surface area (Å²) in [5.74, 6) is -1.19. The van der Waals surface area contributed by atoms with Crippen molar-refractivity contribution in [3.8, 4) is 22.6 Å². The quantitative estimate of drug-likeness (QED) is 0.205. The number of hydrogen-bond acceptors (Lipinski definition) is 13. The Kier molecular flexibility index (Phi) is 8.10. The number of benzene rings is 2. The van der Waals surface area contributed by atoms with Crippen LogP contribution >= 0.6 is 0 Å². The lowest BCUT2D eigenvalue weighted by Crippen LogP contribution is -2.60. The van der Waals surface area contributed by atoms with Gasteiger partial charge in [0.1, 0.15) is 53.9 Å². The molecule has 2 aliphatic rings. The van der Waals surface area contributed by atoms with Gasteiger partial charge in [0.25, 0.3) is 0 Å². The number of aliphatic hydroxyl groups excluding tert-OH is 5. The van der Waals surface area contributed by atoms with Crippen molar-refractivity contribution in [3.63, 3.8) is 0 Å². The third kappa shape index (κ3) is 5.56. The first-order chi connectivity index (χ1) is 19.1. The van der Waals surface area contributed by atoms with Crippen molar-refractivity contribution in [1.82, 2.24) is 0 Å². The molecule has 216 valence electrons. The topological polar surface area (TPSA) is 198 Å². The summed E-state index contributed by atoms with van der Waals surface area (Å²) < 4.78 is 32.7. The zero-order chi connectivity index (χ0) is 28.6. The average Bonchev–Trinajstić information content (AvgIpc) is 3.26. The molecule has 3 heterocycles. The molecule has 2 aliphatic heterocycles. The number of methoxy groups -OCH3 is 1. The van der Waals surface area contributed by atoms with E-state index in [0.717, 1.165) is 0 Å². The van der Waals surface area contributed by atoms with Crippen LogP contribution in [0.2, 0.25) is 0 Å². The lowest BCUT2D eigenvalue weighted by molar-refractivity contribution is -0.303. The fraction of sp³-hybridized carbons (Fsp3) is 0.444. The molecule has 8 atom stereocenters. The van der Waals surface area contributed by atoms with E-state index in [1.165, 1.54) is 24.5 Å². The van der Waals surface area contributed by atoms with Gasteiger partial charge in [-0.1, -0.05) is 12.1 Å². The van der Waals surface area contributed by atoms with E-state index in [1.54, 1.807) is 31.4 Å². The first-order valence-electron chi connectivity index (χ1n) is 12.5. The van der Waals surface area contributed by atoms with Crippen LogP contribution in [0.15, 0.2) is 57.9 Å². The van der Waals surface area contributed by atoms with E-state index in [0.29, 0.717) is 16.9 Å². The average molecular weight is 563 g/mol. The number of hydrogen-bond donors (Lipinski definition) is 6. The first-order valence-corrected chi connectivity index (χ1v) is 12.5. The van der Waals surface area contributed by atoms with E-state index < -0.39 is 62.1 Å². The highest BCUT2D eigenvalue weighted by Gasteiger charge is 2.48. The van der Waals surface area contributed by atoms with Crippen LogP contribution in [0.4, 0.5) is 0 Å². The maximum Gasteiger partial charge on any atom is 0.229 e. The molecule has 2 fully saturated rings. The molecule has 0 unspecified atom stereocenters. The molecule has 2 aromatic carbocycles. The summed E-state index contributed by atoms with van der Waals surface area (Å²) in [5.41, 5.74) is 0.929. The monoisotopic (exact) mass is 562 g/mol. The molecule has 0 saturated carbocycles. The second-order valence-electron chi connectivity index (χ2n) is 9.69. The second-order valence-corrected chi connectivity index (χ2v) is 9.69. The van der Waals surface area contributed by atoms with Crippen molar-refractivity contribution in [3.05, 3.63) is 59.0 Å². The SMILES string of the molecule is COc1ccc(-c2coc3cc(O[C@@H]4O[C@H](CO[C@@H]5O[C@](O)(CO)C[C@H]5O)[C@@H](O)[C@H](O)[C@H]4O)ccc3c2=O)cc1.